The normalized spacial score (nSPS) is 19.9. The van der Waals surface area contributed by atoms with Crippen LogP contribution in [0.2, 0.25) is 0 Å². The summed E-state index contributed by atoms with van der Waals surface area (Å²) in [6.07, 6.45) is 7.70. The molecule has 15 heavy (non-hydrogen) atoms. The molecule has 1 nitrogen and oxygen atoms in total. The summed E-state index contributed by atoms with van der Waals surface area (Å²) >= 11 is 0. The average molecular weight is 222 g/mol. The number of terminal acetylenes is 1. The summed E-state index contributed by atoms with van der Waals surface area (Å²) in [6.45, 7) is 2.03. The Balaban J connectivity index is 0.00000112. The zero-order valence-corrected chi connectivity index (χ0v) is 9.68. The molecule has 0 bridgehead atoms. The third kappa shape index (κ3) is 2.53. The van der Waals surface area contributed by atoms with Crippen molar-refractivity contribution >= 4 is 12.4 Å². The van der Waals surface area contributed by atoms with Gasteiger partial charge < -0.3 is 0 Å². The van der Waals surface area contributed by atoms with Crippen molar-refractivity contribution in [1.29, 1.82) is 0 Å². The second-order valence-corrected chi connectivity index (χ2v) is 3.85. The van der Waals surface area contributed by atoms with Gasteiger partial charge >= 0.3 is 0 Å². The molecule has 2 heteroatoms. The number of rotatable bonds is 2. The van der Waals surface area contributed by atoms with E-state index >= 15 is 0 Å². The van der Waals surface area contributed by atoms with Crippen molar-refractivity contribution in [3.63, 3.8) is 0 Å². The summed E-state index contributed by atoms with van der Waals surface area (Å²) in [5, 5.41) is 3.45. The van der Waals surface area contributed by atoms with Crippen LogP contribution in [0, 0.1) is 12.3 Å². The highest BCUT2D eigenvalue weighted by Crippen LogP contribution is 2.30. The van der Waals surface area contributed by atoms with E-state index in [9.17, 15) is 0 Å². The minimum Gasteiger partial charge on any atom is -0.297 e. The van der Waals surface area contributed by atoms with Crippen LogP contribution in [-0.2, 0) is 6.42 Å². The highest BCUT2D eigenvalue weighted by atomic mass is 35.5. The van der Waals surface area contributed by atoms with Gasteiger partial charge in [0.1, 0.15) is 0 Å². The molecule has 80 valence electrons. The van der Waals surface area contributed by atoms with Gasteiger partial charge in [-0.15, -0.1) is 18.8 Å². The minimum absolute atomic E-state index is 0. The van der Waals surface area contributed by atoms with Crippen LogP contribution in [0.25, 0.3) is 0 Å². The van der Waals surface area contributed by atoms with Crippen LogP contribution >= 0.6 is 12.4 Å². The van der Waals surface area contributed by atoms with Crippen molar-refractivity contribution in [3.05, 3.63) is 35.4 Å². The average Bonchev–Trinajstić information content (AvgIpc) is 2.62. The van der Waals surface area contributed by atoms with Gasteiger partial charge in [-0.1, -0.05) is 30.2 Å². The van der Waals surface area contributed by atoms with Gasteiger partial charge in [-0.25, -0.2) is 0 Å². The monoisotopic (exact) mass is 221 g/mol. The van der Waals surface area contributed by atoms with E-state index in [1.54, 1.807) is 0 Å². The lowest BCUT2D eigenvalue weighted by Gasteiger charge is -2.16. The van der Waals surface area contributed by atoms with Gasteiger partial charge in [0.05, 0.1) is 6.04 Å². The third-order valence-electron chi connectivity index (χ3n) is 2.83. The van der Waals surface area contributed by atoms with E-state index in [1.807, 2.05) is 6.92 Å². The first-order chi connectivity index (χ1) is 6.81. The van der Waals surface area contributed by atoms with Gasteiger partial charge in [0, 0.05) is 6.04 Å². The Morgan fingerprint density at radius 2 is 2.20 bits per heavy atom. The van der Waals surface area contributed by atoms with Gasteiger partial charge in [0.2, 0.25) is 0 Å². The summed E-state index contributed by atoms with van der Waals surface area (Å²) in [5.74, 6) is 2.71. The summed E-state index contributed by atoms with van der Waals surface area (Å²) in [5.41, 5.74) is 2.89. The fraction of sp³-hybridized carbons (Fsp3) is 0.385. The molecule has 0 heterocycles. The molecule has 1 aromatic rings. The second-order valence-electron chi connectivity index (χ2n) is 3.85. The largest absolute Gasteiger partial charge is 0.297 e. The lowest BCUT2D eigenvalue weighted by Crippen LogP contribution is -2.27. The van der Waals surface area contributed by atoms with E-state index in [2.05, 4.69) is 35.5 Å². The van der Waals surface area contributed by atoms with Crippen molar-refractivity contribution in [2.45, 2.75) is 31.8 Å². The zero-order chi connectivity index (χ0) is 9.97. The summed E-state index contributed by atoms with van der Waals surface area (Å²) in [4.78, 5) is 0. The molecule has 0 radical (unpaired) electrons. The minimum atomic E-state index is 0. The number of aryl methyl sites for hydroxylation is 1. The maximum Gasteiger partial charge on any atom is 0.0663 e. The zero-order valence-electron chi connectivity index (χ0n) is 8.86. The molecule has 0 saturated carbocycles. The Morgan fingerprint density at radius 3 is 2.93 bits per heavy atom. The van der Waals surface area contributed by atoms with Crippen LogP contribution in [-0.4, -0.2) is 6.04 Å². The highest BCUT2D eigenvalue weighted by Gasteiger charge is 2.22. The van der Waals surface area contributed by atoms with Crippen LogP contribution in [0.3, 0.4) is 0 Å². The fourth-order valence-corrected chi connectivity index (χ4v) is 2.08. The van der Waals surface area contributed by atoms with E-state index in [-0.39, 0.29) is 18.4 Å². The molecule has 1 unspecified atom stereocenters. The molecule has 0 spiro atoms. The third-order valence-corrected chi connectivity index (χ3v) is 2.83. The summed E-state index contributed by atoms with van der Waals surface area (Å²) in [7, 11) is 0. The predicted octanol–water partition coefficient (Wildman–Crippen LogP) is 2.71. The lowest BCUT2D eigenvalue weighted by molar-refractivity contribution is 0.508. The first-order valence-corrected chi connectivity index (χ1v) is 5.11. The van der Waals surface area contributed by atoms with Crippen LogP contribution in [0.1, 0.15) is 30.5 Å². The first-order valence-electron chi connectivity index (χ1n) is 5.11. The highest BCUT2D eigenvalue weighted by molar-refractivity contribution is 5.85. The molecule has 2 atom stereocenters. The predicted molar refractivity (Wildman–Crippen MR) is 66.2 cm³/mol. The smallest absolute Gasteiger partial charge is 0.0663 e. The van der Waals surface area contributed by atoms with Gasteiger partial charge in [-0.3, -0.25) is 5.32 Å². The molecule has 1 aromatic carbocycles. The Bertz CT molecular complexity index is 367. The van der Waals surface area contributed by atoms with Gasteiger partial charge in [-0.2, -0.15) is 0 Å². The van der Waals surface area contributed by atoms with Crippen LogP contribution in [0.4, 0.5) is 0 Å². The fourth-order valence-electron chi connectivity index (χ4n) is 2.08. The van der Waals surface area contributed by atoms with Crippen molar-refractivity contribution in [1.82, 2.24) is 5.32 Å². The molecule has 1 aliphatic carbocycles. The van der Waals surface area contributed by atoms with E-state index < -0.39 is 0 Å². The van der Waals surface area contributed by atoms with Crippen molar-refractivity contribution in [3.8, 4) is 12.3 Å². The maximum absolute atomic E-state index is 5.36. The van der Waals surface area contributed by atoms with Crippen molar-refractivity contribution in [2.24, 2.45) is 0 Å². The van der Waals surface area contributed by atoms with E-state index in [0.717, 1.165) is 0 Å². The summed E-state index contributed by atoms with van der Waals surface area (Å²) < 4.78 is 0. The first kappa shape index (κ1) is 12.1. The van der Waals surface area contributed by atoms with Crippen molar-refractivity contribution < 1.29 is 0 Å². The quantitative estimate of drug-likeness (QED) is 0.758. The molecule has 0 fully saturated rings. The number of halogens is 1. The standard InChI is InChI=1S/C13H15N.ClH/c1-3-10(2)14-13-9-8-11-6-4-5-7-12(11)13;/h1,4-7,10,13-14H,8-9H2,2H3;1H/t10?,13-;/m0./s1. The SMILES string of the molecule is C#CC(C)N[C@H]1CCc2ccccc21.Cl. The molecule has 0 saturated heterocycles. The molecule has 0 amide bonds. The second kappa shape index (κ2) is 5.21. The lowest BCUT2D eigenvalue weighted by atomic mass is 10.1. The van der Waals surface area contributed by atoms with E-state index in [1.165, 1.54) is 24.0 Å². The molecular formula is C13H16ClN. The number of nitrogens with one attached hydrogen (secondary N) is 1. The van der Waals surface area contributed by atoms with Gasteiger partial charge in [0.15, 0.2) is 0 Å². The van der Waals surface area contributed by atoms with Crippen LogP contribution < -0.4 is 5.32 Å². The summed E-state index contributed by atoms with van der Waals surface area (Å²) in [6, 6.07) is 9.22. The van der Waals surface area contributed by atoms with Crippen LogP contribution in [0.15, 0.2) is 24.3 Å². The van der Waals surface area contributed by atoms with Gasteiger partial charge in [-0.05, 0) is 30.9 Å². The Morgan fingerprint density at radius 1 is 1.47 bits per heavy atom. The van der Waals surface area contributed by atoms with Gasteiger partial charge in [0.25, 0.3) is 0 Å². The molecule has 0 aliphatic heterocycles. The Kier molecular flexibility index (Phi) is 4.20. The Hall–Kier alpha value is -0.970. The molecule has 2 rings (SSSR count). The Labute approximate surface area is 97.7 Å². The number of fused-ring (bicyclic) bond motifs is 1. The molecule has 1 N–H and O–H groups in total. The number of hydrogen-bond donors (Lipinski definition) is 1. The topological polar surface area (TPSA) is 12.0 Å². The molecule has 0 aromatic heterocycles. The van der Waals surface area contributed by atoms with Crippen molar-refractivity contribution in [2.75, 3.05) is 0 Å². The molecule has 1 aliphatic rings. The van der Waals surface area contributed by atoms with E-state index in [4.69, 9.17) is 6.42 Å². The maximum atomic E-state index is 5.36. The number of benzene rings is 1. The van der Waals surface area contributed by atoms with Crippen LogP contribution in [0.5, 0.6) is 0 Å². The number of hydrogen-bond acceptors (Lipinski definition) is 1. The molecular weight excluding hydrogens is 206 g/mol. The van der Waals surface area contributed by atoms with E-state index in [0.29, 0.717) is 6.04 Å².